The molecular weight excluding hydrogens is 400 g/mol. The van der Waals surface area contributed by atoms with E-state index in [4.69, 9.17) is 4.98 Å². The quantitative estimate of drug-likeness (QED) is 0.609. The Morgan fingerprint density at radius 1 is 1.00 bits per heavy atom. The molecule has 3 heterocycles. The maximum atomic E-state index is 12.8. The second kappa shape index (κ2) is 7.21. The Morgan fingerprint density at radius 3 is 2.33 bits per heavy atom. The van der Waals surface area contributed by atoms with Crippen LogP contribution in [0.25, 0.3) is 10.2 Å². The van der Waals surface area contributed by atoms with Gasteiger partial charge in [0.25, 0.3) is 11.8 Å². The number of nitrogens with zero attached hydrogens (tertiary/aromatic N) is 4. The molecule has 0 N–H and O–H groups in total. The Labute approximate surface area is 177 Å². The third-order valence-electron chi connectivity index (χ3n) is 5.61. The van der Waals surface area contributed by atoms with Crippen molar-refractivity contribution in [3.8, 4) is 0 Å². The summed E-state index contributed by atoms with van der Waals surface area (Å²) in [6.07, 6.45) is 0. The number of benzene rings is 2. The first-order valence-electron chi connectivity index (χ1n) is 9.86. The van der Waals surface area contributed by atoms with Crippen LogP contribution < -0.4 is 4.90 Å². The van der Waals surface area contributed by atoms with Crippen LogP contribution in [0.1, 0.15) is 26.3 Å². The minimum Gasteiger partial charge on any atom is -0.345 e. The van der Waals surface area contributed by atoms with Gasteiger partial charge in [-0.1, -0.05) is 29.5 Å². The average molecular weight is 420 g/mol. The molecule has 0 saturated carbocycles. The number of amides is 3. The Morgan fingerprint density at radius 2 is 1.67 bits per heavy atom. The third kappa shape index (κ3) is 3.13. The average Bonchev–Trinajstić information content (AvgIpc) is 3.28. The highest BCUT2D eigenvalue weighted by Gasteiger charge is 2.37. The van der Waals surface area contributed by atoms with Gasteiger partial charge in [0.05, 0.1) is 21.3 Å². The number of imide groups is 1. The number of hydrogen-bond acceptors (Lipinski definition) is 6. The summed E-state index contributed by atoms with van der Waals surface area (Å²) in [4.78, 5) is 47.4. The zero-order valence-electron chi connectivity index (χ0n) is 16.5. The summed E-state index contributed by atoms with van der Waals surface area (Å²) >= 11 is 1.66. The molecule has 8 heteroatoms. The molecule has 7 nitrogen and oxygen atoms in total. The molecule has 0 atom stereocenters. The highest BCUT2D eigenvalue weighted by molar-refractivity contribution is 7.22. The molecule has 0 spiro atoms. The van der Waals surface area contributed by atoms with Gasteiger partial charge in [0.1, 0.15) is 6.54 Å². The van der Waals surface area contributed by atoms with Crippen LogP contribution >= 0.6 is 11.3 Å². The summed E-state index contributed by atoms with van der Waals surface area (Å²) in [6, 6.07) is 12.9. The van der Waals surface area contributed by atoms with Gasteiger partial charge < -0.3 is 9.80 Å². The number of aryl methyl sites for hydroxylation is 1. The second-order valence-corrected chi connectivity index (χ2v) is 8.59. The van der Waals surface area contributed by atoms with E-state index >= 15 is 0 Å². The number of thiazole rings is 1. The fourth-order valence-corrected chi connectivity index (χ4v) is 5.04. The van der Waals surface area contributed by atoms with Gasteiger partial charge in [0.2, 0.25) is 5.91 Å². The standard InChI is InChI=1S/C22H20N4O3S/c1-14-6-7-17-18(12-14)30-22(23-17)25-10-8-24(9-11-25)19(27)13-26-20(28)15-4-2-3-5-16(15)21(26)29/h2-7,12H,8-11,13H2,1H3. The van der Waals surface area contributed by atoms with E-state index in [1.165, 1.54) is 5.56 Å². The highest BCUT2D eigenvalue weighted by atomic mass is 32.1. The number of hydrogen-bond donors (Lipinski definition) is 0. The van der Waals surface area contributed by atoms with Crippen molar-refractivity contribution < 1.29 is 14.4 Å². The molecule has 2 aliphatic heterocycles. The van der Waals surface area contributed by atoms with Crippen molar-refractivity contribution in [3.63, 3.8) is 0 Å². The van der Waals surface area contributed by atoms with Crippen LogP contribution in [-0.2, 0) is 4.79 Å². The predicted octanol–water partition coefficient (Wildman–Crippen LogP) is 2.55. The molecule has 0 unspecified atom stereocenters. The normalized spacial score (nSPS) is 16.5. The van der Waals surface area contributed by atoms with E-state index in [2.05, 4.69) is 24.0 Å². The molecule has 30 heavy (non-hydrogen) atoms. The first-order chi connectivity index (χ1) is 14.5. The van der Waals surface area contributed by atoms with E-state index < -0.39 is 11.8 Å². The highest BCUT2D eigenvalue weighted by Crippen LogP contribution is 2.30. The van der Waals surface area contributed by atoms with Gasteiger partial charge in [0, 0.05) is 26.2 Å². The zero-order chi connectivity index (χ0) is 20.8. The third-order valence-corrected chi connectivity index (χ3v) is 6.69. The number of carbonyl (C=O) groups excluding carboxylic acids is 3. The largest absolute Gasteiger partial charge is 0.345 e. The molecule has 0 aliphatic carbocycles. The Balaban J connectivity index is 1.23. The number of aromatic nitrogens is 1. The minimum absolute atomic E-state index is 0.205. The predicted molar refractivity (Wildman–Crippen MR) is 115 cm³/mol. The van der Waals surface area contributed by atoms with Crippen molar-refractivity contribution in [1.82, 2.24) is 14.8 Å². The van der Waals surface area contributed by atoms with Crippen molar-refractivity contribution in [2.24, 2.45) is 0 Å². The number of fused-ring (bicyclic) bond motifs is 2. The van der Waals surface area contributed by atoms with Gasteiger partial charge in [0.15, 0.2) is 5.13 Å². The molecule has 3 amide bonds. The monoisotopic (exact) mass is 420 g/mol. The van der Waals surface area contributed by atoms with Crippen LogP contribution in [0.3, 0.4) is 0 Å². The molecular formula is C22H20N4O3S. The van der Waals surface area contributed by atoms with E-state index in [1.54, 1.807) is 40.5 Å². The van der Waals surface area contributed by atoms with Gasteiger partial charge in [-0.25, -0.2) is 4.98 Å². The lowest BCUT2D eigenvalue weighted by molar-refractivity contribution is -0.131. The summed E-state index contributed by atoms with van der Waals surface area (Å²) in [5, 5.41) is 0.961. The fourth-order valence-electron chi connectivity index (χ4n) is 3.92. The summed E-state index contributed by atoms with van der Waals surface area (Å²) in [6.45, 7) is 4.28. The molecule has 1 aromatic heterocycles. The molecule has 0 radical (unpaired) electrons. The number of rotatable bonds is 3. The van der Waals surface area contributed by atoms with Crippen LogP contribution in [0.2, 0.25) is 0 Å². The van der Waals surface area contributed by atoms with E-state index in [-0.39, 0.29) is 12.5 Å². The second-order valence-electron chi connectivity index (χ2n) is 7.58. The molecule has 2 aromatic carbocycles. The SMILES string of the molecule is Cc1ccc2nc(N3CCN(C(=O)CN4C(=O)c5ccccc5C4=O)CC3)sc2c1. The van der Waals surface area contributed by atoms with Gasteiger partial charge in [-0.3, -0.25) is 19.3 Å². The van der Waals surface area contributed by atoms with Crippen molar-refractivity contribution in [2.75, 3.05) is 37.6 Å². The van der Waals surface area contributed by atoms with Gasteiger partial charge in [-0.05, 0) is 36.8 Å². The van der Waals surface area contributed by atoms with Crippen molar-refractivity contribution in [1.29, 1.82) is 0 Å². The zero-order valence-corrected chi connectivity index (χ0v) is 17.3. The van der Waals surface area contributed by atoms with E-state index in [0.717, 1.165) is 20.2 Å². The lowest BCUT2D eigenvalue weighted by atomic mass is 10.1. The maximum Gasteiger partial charge on any atom is 0.262 e. The molecule has 5 rings (SSSR count). The molecule has 0 bridgehead atoms. The topological polar surface area (TPSA) is 73.8 Å². The van der Waals surface area contributed by atoms with E-state index in [9.17, 15) is 14.4 Å². The van der Waals surface area contributed by atoms with Crippen molar-refractivity contribution in [2.45, 2.75) is 6.92 Å². The van der Waals surface area contributed by atoms with Crippen LogP contribution in [-0.4, -0.2) is 65.2 Å². The van der Waals surface area contributed by atoms with E-state index in [1.807, 2.05) is 6.07 Å². The summed E-state index contributed by atoms with van der Waals surface area (Å²) in [5.74, 6) is -0.996. The molecule has 152 valence electrons. The smallest absolute Gasteiger partial charge is 0.262 e. The lowest BCUT2D eigenvalue weighted by Gasteiger charge is -2.35. The first-order valence-corrected chi connectivity index (χ1v) is 10.7. The van der Waals surface area contributed by atoms with Gasteiger partial charge in [-0.2, -0.15) is 0 Å². The fraction of sp³-hybridized carbons (Fsp3) is 0.273. The van der Waals surface area contributed by atoms with E-state index in [0.29, 0.717) is 37.3 Å². The molecule has 1 saturated heterocycles. The van der Waals surface area contributed by atoms with Crippen LogP contribution in [0, 0.1) is 6.92 Å². The number of anilines is 1. The molecule has 2 aliphatic rings. The van der Waals surface area contributed by atoms with Gasteiger partial charge >= 0.3 is 0 Å². The Bertz CT molecular complexity index is 1150. The van der Waals surface area contributed by atoms with Crippen LogP contribution in [0.4, 0.5) is 5.13 Å². The summed E-state index contributed by atoms with van der Waals surface area (Å²) in [5.41, 5.74) is 2.93. The Kier molecular flexibility index (Phi) is 4.51. The lowest BCUT2D eigenvalue weighted by Crippen LogP contribution is -2.51. The summed E-state index contributed by atoms with van der Waals surface area (Å²) in [7, 11) is 0. The van der Waals surface area contributed by atoms with Crippen LogP contribution in [0.5, 0.6) is 0 Å². The molecule has 1 fully saturated rings. The van der Waals surface area contributed by atoms with Gasteiger partial charge in [-0.15, -0.1) is 0 Å². The minimum atomic E-state index is -0.396. The first kappa shape index (κ1) is 18.7. The number of carbonyl (C=O) groups is 3. The van der Waals surface area contributed by atoms with Crippen LogP contribution in [0.15, 0.2) is 42.5 Å². The summed E-state index contributed by atoms with van der Waals surface area (Å²) < 4.78 is 1.16. The van der Waals surface area contributed by atoms with Crippen molar-refractivity contribution in [3.05, 3.63) is 59.2 Å². The Hall–Kier alpha value is -3.26. The van der Waals surface area contributed by atoms with Crippen molar-refractivity contribution >= 4 is 44.4 Å². The maximum absolute atomic E-state index is 12.8. The number of piperazine rings is 1. The molecule has 3 aromatic rings.